The van der Waals surface area contributed by atoms with Gasteiger partial charge in [0, 0.05) is 11.8 Å². The molecule has 0 aromatic carbocycles. The van der Waals surface area contributed by atoms with Gasteiger partial charge in [-0.3, -0.25) is 9.36 Å². The minimum atomic E-state index is -1.08. The molecule has 2 aromatic heterocycles. The van der Waals surface area contributed by atoms with E-state index in [0.29, 0.717) is 11.5 Å². The van der Waals surface area contributed by atoms with E-state index in [2.05, 4.69) is 4.98 Å². The van der Waals surface area contributed by atoms with Crippen molar-refractivity contribution in [2.24, 2.45) is 0 Å². The predicted molar refractivity (Wildman–Crippen MR) is 62.7 cm³/mol. The molecular weight excluding hydrogens is 236 g/mol. The number of carboxylic acid groups (broad SMARTS) is 1. The summed E-state index contributed by atoms with van der Waals surface area (Å²) in [6, 6.07) is 2.76. The lowest BCUT2D eigenvalue weighted by atomic mass is 10.2. The van der Waals surface area contributed by atoms with Gasteiger partial charge in [0.1, 0.15) is 17.1 Å². The summed E-state index contributed by atoms with van der Waals surface area (Å²) in [6.07, 6.45) is 1.29. The fourth-order valence-corrected chi connectivity index (χ4v) is 1.75. The third kappa shape index (κ3) is 2.17. The largest absolute Gasteiger partial charge is 0.478 e. The molecule has 0 radical (unpaired) electrons. The molecule has 2 aromatic rings. The van der Waals surface area contributed by atoms with E-state index in [0.717, 1.165) is 0 Å². The lowest BCUT2D eigenvalue weighted by Crippen LogP contribution is -2.24. The van der Waals surface area contributed by atoms with Gasteiger partial charge in [0.15, 0.2) is 0 Å². The Morgan fingerprint density at radius 1 is 1.50 bits per heavy atom. The van der Waals surface area contributed by atoms with Crippen molar-refractivity contribution in [3.05, 3.63) is 51.6 Å². The number of furan rings is 1. The average Bonchev–Trinajstić information content (AvgIpc) is 2.71. The van der Waals surface area contributed by atoms with E-state index >= 15 is 0 Å². The minimum absolute atomic E-state index is 0.0573. The van der Waals surface area contributed by atoms with Crippen molar-refractivity contribution < 1.29 is 14.3 Å². The van der Waals surface area contributed by atoms with E-state index < -0.39 is 5.97 Å². The summed E-state index contributed by atoms with van der Waals surface area (Å²) in [7, 11) is 0. The first-order chi connectivity index (χ1) is 8.49. The van der Waals surface area contributed by atoms with Gasteiger partial charge in [0.2, 0.25) is 0 Å². The molecule has 0 unspecified atom stereocenters. The molecule has 0 aliphatic rings. The first kappa shape index (κ1) is 12.1. The Morgan fingerprint density at radius 3 is 2.83 bits per heavy atom. The second-order valence-electron chi connectivity index (χ2n) is 3.93. The summed E-state index contributed by atoms with van der Waals surface area (Å²) < 4.78 is 6.48. The van der Waals surface area contributed by atoms with Crippen LogP contribution >= 0.6 is 0 Å². The van der Waals surface area contributed by atoms with Crippen LogP contribution in [0.2, 0.25) is 0 Å². The number of carbonyl (C=O) groups is 1. The molecule has 0 aliphatic heterocycles. The summed E-state index contributed by atoms with van der Waals surface area (Å²) in [5, 5.41) is 8.95. The minimum Gasteiger partial charge on any atom is -0.478 e. The van der Waals surface area contributed by atoms with Crippen molar-refractivity contribution in [1.29, 1.82) is 0 Å². The zero-order chi connectivity index (χ0) is 13.3. The van der Waals surface area contributed by atoms with E-state index in [-0.39, 0.29) is 23.4 Å². The highest BCUT2D eigenvalue weighted by Gasteiger charge is 2.15. The van der Waals surface area contributed by atoms with Gasteiger partial charge in [-0.1, -0.05) is 0 Å². The van der Waals surface area contributed by atoms with Gasteiger partial charge in [-0.05, 0) is 19.9 Å². The number of carboxylic acids is 1. The van der Waals surface area contributed by atoms with Crippen molar-refractivity contribution in [3.8, 4) is 0 Å². The van der Waals surface area contributed by atoms with Crippen LogP contribution < -0.4 is 5.56 Å². The van der Waals surface area contributed by atoms with Gasteiger partial charge in [-0.15, -0.1) is 0 Å². The zero-order valence-electron chi connectivity index (χ0n) is 10.0. The second-order valence-corrected chi connectivity index (χ2v) is 3.93. The number of aryl methyl sites for hydroxylation is 2. The van der Waals surface area contributed by atoms with Gasteiger partial charge >= 0.3 is 5.97 Å². The molecule has 6 heteroatoms. The molecule has 0 amide bonds. The first-order valence-electron chi connectivity index (χ1n) is 5.34. The Kier molecular flexibility index (Phi) is 3.01. The highest BCUT2D eigenvalue weighted by molar-refractivity contribution is 5.88. The van der Waals surface area contributed by atoms with Crippen molar-refractivity contribution in [1.82, 2.24) is 9.55 Å². The van der Waals surface area contributed by atoms with E-state index in [1.54, 1.807) is 13.8 Å². The summed E-state index contributed by atoms with van der Waals surface area (Å²) >= 11 is 0. The van der Waals surface area contributed by atoms with E-state index in [1.165, 1.54) is 23.0 Å². The Bertz CT molecular complexity index is 654. The fraction of sp³-hybridized carbons (Fsp3) is 0.250. The Labute approximate surface area is 103 Å². The fourth-order valence-electron chi connectivity index (χ4n) is 1.75. The summed E-state index contributed by atoms with van der Waals surface area (Å²) in [5.41, 5.74) is 0.460. The van der Waals surface area contributed by atoms with Crippen LogP contribution in [0.15, 0.2) is 27.6 Å². The number of rotatable bonds is 3. The standard InChI is InChI=1S/C12H12N2O4/c1-7-5-11(15)14(8(2)13-7)6-10-9(12(16)17)3-4-18-10/h3-5H,6H2,1-2H3,(H,16,17). The number of nitrogens with zero attached hydrogens (tertiary/aromatic N) is 2. The molecule has 1 N–H and O–H groups in total. The average molecular weight is 248 g/mol. The molecule has 0 bridgehead atoms. The van der Waals surface area contributed by atoms with Crippen LogP contribution in [-0.4, -0.2) is 20.6 Å². The van der Waals surface area contributed by atoms with Crippen molar-refractivity contribution in [3.63, 3.8) is 0 Å². The molecule has 0 atom stereocenters. The molecule has 94 valence electrons. The Hall–Kier alpha value is -2.37. The third-order valence-electron chi connectivity index (χ3n) is 2.60. The number of aromatic nitrogens is 2. The molecule has 2 rings (SSSR count). The van der Waals surface area contributed by atoms with Crippen LogP contribution in [0.4, 0.5) is 0 Å². The number of aromatic carboxylic acids is 1. The van der Waals surface area contributed by atoms with Crippen LogP contribution in [0.5, 0.6) is 0 Å². The lowest BCUT2D eigenvalue weighted by Gasteiger charge is -2.08. The molecule has 0 saturated carbocycles. The van der Waals surface area contributed by atoms with Gasteiger partial charge in [-0.2, -0.15) is 0 Å². The van der Waals surface area contributed by atoms with Crippen LogP contribution in [0, 0.1) is 13.8 Å². The molecule has 0 fully saturated rings. The summed E-state index contributed by atoms with van der Waals surface area (Å²) in [6.45, 7) is 3.48. The van der Waals surface area contributed by atoms with Gasteiger partial charge < -0.3 is 9.52 Å². The zero-order valence-corrected chi connectivity index (χ0v) is 10.0. The molecular formula is C12H12N2O4. The molecule has 6 nitrogen and oxygen atoms in total. The maximum atomic E-state index is 11.8. The Morgan fingerprint density at radius 2 is 2.22 bits per heavy atom. The third-order valence-corrected chi connectivity index (χ3v) is 2.60. The maximum Gasteiger partial charge on any atom is 0.339 e. The van der Waals surface area contributed by atoms with Crippen molar-refractivity contribution >= 4 is 5.97 Å². The Balaban J connectivity index is 2.44. The monoisotopic (exact) mass is 248 g/mol. The predicted octanol–water partition coefficient (Wildman–Crippen LogP) is 1.20. The summed E-state index contributed by atoms with van der Waals surface area (Å²) in [5.74, 6) is -0.324. The number of hydrogen-bond acceptors (Lipinski definition) is 4. The smallest absolute Gasteiger partial charge is 0.339 e. The summed E-state index contributed by atoms with van der Waals surface area (Å²) in [4.78, 5) is 26.9. The molecule has 2 heterocycles. The highest BCUT2D eigenvalue weighted by Crippen LogP contribution is 2.12. The lowest BCUT2D eigenvalue weighted by molar-refractivity contribution is 0.0694. The highest BCUT2D eigenvalue weighted by atomic mass is 16.4. The van der Waals surface area contributed by atoms with Crippen LogP contribution in [-0.2, 0) is 6.54 Å². The van der Waals surface area contributed by atoms with Gasteiger partial charge in [0.05, 0.1) is 12.8 Å². The maximum absolute atomic E-state index is 11.8. The molecule has 0 aliphatic carbocycles. The SMILES string of the molecule is Cc1cc(=O)n(Cc2occc2C(=O)O)c(C)n1. The van der Waals surface area contributed by atoms with Gasteiger partial charge in [-0.25, -0.2) is 9.78 Å². The van der Waals surface area contributed by atoms with Crippen molar-refractivity contribution in [2.75, 3.05) is 0 Å². The van der Waals surface area contributed by atoms with Gasteiger partial charge in [0.25, 0.3) is 5.56 Å². The van der Waals surface area contributed by atoms with Crippen molar-refractivity contribution in [2.45, 2.75) is 20.4 Å². The molecule has 0 saturated heterocycles. The first-order valence-corrected chi connectivity index (χ1v) is 5.34. The molecule has 18 heavy (non-hydrogen) atoms. The second kappa shape index (κ2) is 4.48. The molecule has 0 spiro atoms. The topological polar surface area (TPSA) is 85.3 Å². The van der Waals surface area contributed by atoms with E-state index in [1.807, 2.05) is 0 Å². The van der Waals surface area contributed by atoms with E-state index in [4.69, 9.17) is 9.52 Å². The van der Waals surface area contributed by atoms with Crippen LogP contribution in [0.1, 0.15) is 27.6 Å². The van der Waals surface area contributed by atoms with Crippen LogP contribution in [0.25, 0.3) is 0 Å². The number of hydrogen-bond donors (Lipinski definition) is 1. The normalized spacial score (nSPS) is 10.6. The van der Waals surface area contributed by atoms with Crippen LogP contribution in [0.3, 0.4) is 0 Å². The van der Waals surface area contributed by atoms with E-state index in [9.17, 15) is 9.59 Å². The quantitative estimate of drug-likeness (QED) is 0.882.